The van der Waals surface area contributed by atoms with Gasteiger partial charge in [-0.05, 0) is 60.4 Å². The maximum absolute atomic E-state index is 11.8. The van der Waals surface area contributed by atoms with E-state index in [-0.39, 0.29) is 70.2 Å². The number of hydrogen-bond donors (Lipinski definition) is 6. The van der Waals surface area contributed by atoms with Gasteiger partial charge >= 0.3 is 0 Å². The van der Waals surface area contributed by atoms with Crippen molar-refractivity contribution in [2.75, 3.05) is 257 Å². The van der Waals surface area contributed by atoms with E-state index < -0.39 is 10.1 Å². The van der Waals surface area contributed by atoms with Gasteiger partial charge in [0, 0.05) is 72.2 Å². The lowest BCUT2D eigenvalue weighted by Gasteiger charge is -2.07. The van der Waals surface area contributed by atoms with Gasteiger partial charge in [-0.3, -0.25) is 4.18 Å². The lowest BCUT2D eigenvalue weighted by molar-refractivity contribution is 0.0222. The third-order valence-corrected chi connectivity index (χ3v) is 10.4. The fourth-order valence-electron chi connectivity index (χ4n) is 4.87. The average molecular weight is 1360 g/mol. The molecule has 1 aromatic rings. The molecule has 0 fully saturated rings. The molecular weight excluding hydrogens is 1250 g/mol. The van der Waals surface area contributed by atoms with E-state index >= 15 is 0 Å². The molecule has 0 aromatic heterocycles. The highest BCUT2D eigenvalue weighted by atomic mass is 35.5. The van der Waals surface area contributed by atoms with Gasteiger partial charge in [0.2, 0.25) is 0 Å². The van der Waals surface area contributed by atoms with Gasteiger partial charge < -0.3 is 97.6 Å². The molecule has 0 bridgehead atoms. The second kappa shape index (κ2) is 99.4. The van der Waals surface area contributed by atoms with Crippen LogP contribution in [0.5, 0.6) is 0 Å². The van der Waals surface area contributed by atoms with Crippen molar-refractivity contribution in [2.45, 2.75) is 64.7 Å². The van der Waals surface area contributed by atoms with Gasteiger partial charge in [-0.15, -0.1) is 12.4 Å². The first-order valence-electron chi connectivity index (χ1n) is 29.9. The topological polar surface area (TPSA) is 495 Å². The number of benzene rings is 1. The van der Waals surface area contributed by atoms with Crippen LogP contribution in [0, 0.1) is 6.92 Å². The maximum atomic E-state index is 11.8. The van der Waals surface area contributed by atoms with Crippen LogP contribution in [0.25, 0.3) is 41.8 Å². The molecule has 0 aliphatic rings. The number of aliphatic hydroxyl groups excluding tert-OH is 5. The zero-order valence-corrected chi connectivity index (χ0v) is 56.0. The van der Waals surface area contributed by atoms with Crippen molar-refractivity contribution in [2.24, 2.45) is 26.2 Å². The summed E-state index contributed by atoms with van der Waals surface area (Å²) in [6, 6.07) is 6.44. The number of nitrogens with zero attached hydrogens (tertiary/aromatic N) is 12. The highest BCUT2D eigenvalue weighted by Gasteiger charge is 2.14. The third-order valence-electron chi connectivity index (χ3n) is 9.05. The summed E-state index contributed by atoms with van der Waals surface area (Å²) < 4.78 is 99.1. The van der Waals surface area contributed by atoms with Crippen molar-refractivity contribution in [3.8, 4) is 0 Å². The predicted molar refractivity (Wildman–Crippen MR) is 344 cm³/mol. The van der Waals surface area contributed by atoms with Crippen molar-refractivity contribution < 1.29 is 104 Å². The van der Waals surface area contributed by atoms with Gasteiger partial charge in [0.1, 0.15) is 0 Å². The lowest BCUT2D eigenvalue weighted by Crippen LogP contribution is -2.14. The molecule has 0 aliphatic carbocycles. The fourth-order valence-corrected chi connectivity index (χ4v) is 5.77. The van der Waals surface area contributed by atoms with Crippen LogP contribution < -0.4 is 5.73 Å². The molecule has 0 spiro atoms. The number of rotatable bonds is 58. The summed E-state index contributed by atoms with van der Waals surface area (Å²) in [6.45, 7) is 24.2. The van der Waals surface area contributed by atoms with E-state index in [1.807, 2.05) is 6.92 Å². The molecule has 0 amide bonds. The van der Waals surface area contributed by atoms with Crippen molar-refractivity contribution >= 4 is 22.5 Å². The van der Waals surface area contributed by atoms with E-state index in [2.05, 4.69) is 60.9 Å². The molecule has 0 atom stereocenters. The Hall–Kier alpha value is -4.14. The Balaban J connectivity index is -0.000000183. The molecule has 0 aliphatic heterocycles. The molecule has 37 heteroatoms. The number of halogens is 1. The van der Waals surface area contributed by atoms with E-state index in [1.165, 1.54) is 12.1 Å². The van der Waals surface area contributed by atoms with Crippen LogP contribution in [-0.4, -0.2) is 291 Å². The SMILES string of the molecule is CCCCOCCOCCN=[N+]=[N-].CCCCOCCOCCO.CCCOCCOCCN=[N+]=[N-].Cc1ccc(S(=O)(=O)OCCOCCOCCO)cc1.Cl.OCCOCCOCCO.[N-]=[N+]=NCCOCCOCCN.[N-]=[N+]=NCCOCCOCCO. The number of aryl methyl sites for hydroxylation is 1. The average Bonchev–Trinajstić information content (AvgIpc) is 2.19. The minimum absolute atomic E-state index is 0. The van der Waals surface area contributed by atoms with Gasteiger partial charge in [-0.1, -0.05) is 71.8 Å². The summed E-state index contributed by atoms with van der Waals surface area (Å²) >= 11 is 0. The van der Waals surface area contributed by atoms with E-state index in [0.29, 0.717) is 185 Å². The van der Waals surface area contributed by atoms with Crippen LogP contribution in [0.15, 0.2) is 49.6 Å². The highest BCUT2D eigenvalue weighted by molar-refractivity contribution is 7.86. The monoisotopic (exact) mass is 1360 g/mol. The zero-order chi connectivity index (χ0) is 67.9. The Morgan fingerprint density at radius 1 is 0.363 bits per heavy atom. The van der Waals surface area contributed by atoms with E-state index in [9.17, 15) is 8.42 Å². The number of aliphatic hydroxyl groups is 5. The van der Waals surface area contributed by atoms with Crippen LogP contribution in [0.3, 0.4) is 0 Å². The Morgan fingerprint density at radius 3 is 0.857 bits per heavy atom. The van der Waals surface area contributed by atoms with Crippen LogP contribution in [0.2, 0.25) is 0 Å². The molecular formula is C54H112ClN13O22S. The van der Waals surface area contributed by atoms with Gasteiger partial charge in [0.25, 0.3) is 10.1 Å². The molecule has 0 saturated carbocycles. The first-order valence-corrected chi connectivity index (χ1v) is 31.3. The quantitative estimate of drug-likeness (QED) is 0.0155. The Kier molecular flexibility index (Phi) is 110. The molecule has 0 radical (unpaired) electrons. The molecule has 0 saturated heterocycles. The van der Waals surface area contributed by atoms with Gasteiger partial charge in [-0.2, -0.15) is 8.42 Å². The minimum atomic E-state index is -3.72. The Morgan fingerprint density at radius 2 is 0.604 bits per heavy atom. The van der Waals surface area contributed by atoms with Crippen molar-refractivity contribution in [1.29, 1.82) is 0 Å². The second-order valence-electron chi connectivity index (χ2n) is 16.6. The third kappa shape index (κ3) is 108. The summed E-state index contributed by atoms with van der Waals surface area (Å²) in [5.41, 5.74) is 37.8. The maximum Gasteiger partial charge on any atom is 0.297 e. The Bertz CT molecular complexity index is 1730. The summed E-state index contributed by atoms with van der Waals surface area (Å²) in [7, 11) is -3.72. The van der Waals surface area contributed by atoms with Crippen LogP contribution in [0.4, 0.5) is 0 Å². The normalized spacial score (nSPS) is 10.0. The number of azide groups is 4. The number of unbranched alkanes of at least 4 members (excludes halogenated alkanes) is 2. The van der Waals surface area contributed by atoms with Crippen LogP contribution >= 0.6 is 12.4 Å². The number of ether oxygens (including phenoxy) is 14. The molecule has 35 nitrogen and oxygen atoms in total. The summed E-state index contributed by atoms with van der Waals surface area (Å²) in [6.07, 6.45) is 5.55. The Labute approximate surface area is 545 Å². The molecule has 1 aromatic carbocycles. The zero-order valence-electron chi connectivity index (χ0n) is 54.4. The van der Waals surface area contributed by atoms with Gasteiger partial charge in [0.15, 0.2) is 0 Å². The number of hydrogen-bond acceptors (Lipinski definition) is 27. The molecule has 0 unspecified atom stereocenters. The summed E-state index contributed by atoms with van der Waals surface area (Å²) in [4.78, 5) is 10.5. The van der Waals surface area contributed by atoms with Gasteiger partial charge in [-0.25, -0.2) is 0 Å². The standard InChI is InChI=1S/C13H20O6S.C8H17N3O2.C8H18O3.C7H15N3O2.C6H14N4O2.C6H13N3O3.C6H14O4.ClH/c1-12-2-4-13(5-3-12)20(15,16)19-11-10-18-9-8-17-7-6-14;1-2-3-5-12-7-8-13-6-4-10-11-9;1-2-3-5-10-7-8-11-6-4-9;1-2-4-11-6-7-12-5-3-9-10-8;7-1-3-11-5-6-12-4-2-9-10-8;7-9-8-1-3-11-5-6-12-4-2-10;7-1-3-9-5-6-10-4-2-8;/h2-5,14H,6-11H2,1H3;2-8H2,1H3;9H,2-8H2,1H3;2-7H2,1H3;1-7H2;10H,1-6H2;7-8H,1-6H2;1H. The summed E-state index contributed by atoms with van der Waals surface area (Å²) in [5.74, 6) is 0. The van der Waals surface area contributed by atoms with Crippen molar-refractivity contribution in [3.63, 3.8) is 0 Å². The van der Waals surface area contributed by atoms with Crippen molar-refractivity contribution in [3.05, 3.63) is 71.6 Å². The van der Waals surface area contributed by atoms with Crippen LogP contribution in [0.1, 0.15) is 58.4 Å². The smallest absolute Gasteiger partial charge is 0.297 e. The molecule has 7 N–H and O–H groups in total. The first kappa shape index (κ1) is 100. The second-order valence-corrected chi connectivity index (χ2v) is 18.2. The predicted octanol–water partition coefficient (Wildman–Crippen LogP) is 5.44. The van der Waals surface area contributed by atoms with E-state index in [4.69, 9.17) is 124 Å². The molecule has 91 heavy (non-hydrogen) atoms. The first-order chi connectivity index (χ1) is 44.0. The lowest BCUT2D eigenvalue weighted by atomic mass is 10.2. The molecule has 0 heterocycles. The highest BCUT2D eigenvalue weighted by Crippen LogP contribution is 2.13. The van der Waals surface area contributed by atoms with Crippen LogP contribution in [-0.2, 0) is 80.6 Å². The van der Waals surface area contributed by atoms with E-state index in [1.54, 1.807) is 12.1 Å². The minimum Gasteiger partial charge on any atom is -0.394 e. The molecule has 1 rings (SSSR count). The van der Waals surface area contributed by atoms with Gasteiger partial charge in [0.05, 0.1) is 210 Å². The largest absolute Gasteiger partial charge is 0.394 e. The van der Waals surface area contributed by atoms with Crippen molar-refractivity contribution in [1.82, 2.24) is 0 Å². The number of nitrogens with two attached hydrogens (primary N) is 1. The van der Waals surface area contributed by atoms with E-state index in [0.717, 1.165) is 57.5 Å². The summed E-state index contributed by atoms with van der Waals surface area (Å²) in [5, 5.41) is 54.9. The molecule has 538 valence electrons. The fraction of sp³-hybridized carbons (Fsp3) is 0.889.